The third-order valence-electron chi connectivity index (χ3n) is 3.82. The van der Waals surface area contributed by atoms with Crippen LogP contribution in [0.15, 0.2) is 47.4 Å². The molecule has 5 heteroatoms. The minimum Gasteiger partial charge on any atom is -0.388 e. The fourth-order valence-electron chi connectivity index (χ4n) is 2.57. The Morgan fingerprint density at radius 3 is 2.33 bits per heavy atom. The van der Waals surface area contributed by atoms with Crippen LogP contribution in [0.1, 0.15) is 24.2 Å². The van der Waals surface area contributed by atoms with E-state index in [2.05, 4.69) is 24.0 Å². The lowest BCUT2D eigenvalue weighted by molar-refractivity contribution is 0.100. The van der Waals surface area contributed by atoms with Gasteiger partial charge in [0.25, 0.3) is 0 Å². The molecule has 0 aromatic heterocycles. The summed E-state index contributed by atoms with van der Waals surface area (Å²) in [6.45, 7) is 2.92. The predicted octanol–water partition coefficient (Wildman–Crippen LogP) is 5.52. The van der Waals surface area contributed by atoms with Crippen LogP contribution in [-0.2, 0) is 5.75 Å². The first-order chi connectivity index (χ1) is 11.4. The molecule has 0 fully saturated rings. The molecule has 1 N–H and O–H groups in total. The third-order valence-corrected chi connectivity index (χ3v) is 5.47. The molecule has 0 spiro atoms. The maximum atomic E-state index is 10.4. The van der Waals surface area contributed by atoms with E-state index in [0.29, 0.717) is 10.0 Å². The Bertz CT molecular complexity index is 661. The van der Waals surface area contributed by atoms with Gasteiger partial charge in [0.1, 0.15) is 0 Å². The van der Waals surface area contributed by atoms with E-state index in [1.165, 1.54) is 0 Å². The summed E-state index contributed by atoms with van der Waals surface area (Å²) in [4.78, 5) is 3.24. The molecule has 0 aliphatic heterocycles. The molecule has 2 nitrogen and oxygen atoms in total. The minimum atomic E-state index is -0.447. The first kappa shape index (κ1) is 19.6. The van der Waals surface area contributed by atoms with Crippen LogP contribution in [0.25, 0.3) is 0 Å². The van der Waals surface area contributed by atoms with Crippen molar-refractivity contribution in [3.63, 3.8) is 0 Å². The van der Waals surface area contributed by atoms with E-state index in [-0.39, 0.29) is 5.92 Å². The molecule has 130 valence electrons. The Hall–Kier alpha value is -0.710. The Kier molecular flexibility index (Phi) is 7.45. The van der Waals surface area contributed by atoms with Gasteiger partial charge in [-0.25, -0.2) is 0 Å². The van der Waals surface area contributed by atoms with Crippen LogP contribution in [0.2, 0.25) is 10.0 Å². The number of nitrogens with zero attached hydrogens (tertiary/aromatic N) is 1. The molecule has 0 aliphatic carbocycles. The molecule has 2 aromatic rings. The van der Waals surface area contributed by atoms with Crippen molar-refractivity contribution < 1.29 is 5.11 Å². The summed E-state index contributed by atoms with van der Waals surface area (Å²) in [7, 11) is 4.04. The summed E-state index contributed by atoms with van der Waals surface area (Å²) >= 11 is 13.8. The zero-order valence-electron chi connectivity index (χ0n) is 14.2. The highest BCUT2D eigenvalue weighted by molar-refractivity contribution is 7.98. The average molecular weight is 384 g/mol. The molecule has 24 heavy (non-hydrogen) atoms. The van der Waals surface area contributed by atoms with E-state index in [4.69, 9.17) is 23.2 Å². The fraction of sp³-hybridized carbons (Fsp3) is 0.368. The van der Waals surface area contributed by atoms with Gasteiger partial charge >= 0.3 is 0 Å². The third kappa shape index (κ3) is 5.68. The molecule has 2 rings (SSSR count). The monoisotopic (exact) mass is 383 g/mol. The lowest BCUT2D eigenvalue weighted by Crippen LogP contribution is -2.24. The Morgan fingerprint density at radius 1 is 1.08 bits per heavy atom. The van der Waals surface area contributed by atoms with Crippen molar-refractivity contribution >= 4 is 35.0 Å². The molecule has 0 bridgehead atoms. The number of hydrogen-bond acceptors (Lipinski definition) is 3. The summed E-state index contributed by atoms with van der Waals surface area (Å²) < 4.78 is 0. The summed E-state index contributed by atoms with van der Waals surface area (Å²) in [6, 6.07) is 13.7. The lowest BCUT2D eigenvalue weighted by Gasteiger charge is -2.22. The van der Waals surface area contributed by atoms with Crippen LogP contribution in [0.5, 0.6) is 0 Å². The maximum absolute atomic E-state index is 10.4. The van der Waals surface area contributed by atoms with Gasteiger partial charge in [-0.05, 0) is 55.4 Å². The van der Waals surface area contributed by atoms with Crippen molar-refractivity contribution in [2.24, 2.45) is 5.92 Å². The molecule has 0 radical (unpaired) electrons. The second-order valence-electron chi connectivity index (χ2n) is 6.28. The summed E-state index contributed by atoms with van der Waals surface area (Å²) in [5.74, 6) is 0.973. The van der Waals surface area contributed by atoms with Gasteiger partial charge in [0.15, 0.2) is 0 Å². The van der Waals surface area contributed by atoms with E-state index < -0.39 is 6.10 Å². The molecule has 0 amide bonds. The van der Waals surface area contributed by atoms with Gasteiger partial charge in [0.2, 0.25) is 0 Å². The molecular formula is C19H23Cl2NOS. The smallest absolute Gasteiger partial charge is 0.0827 e. The molecule has 0 aliphatic rings. The molecule has 2 unspecified atom stereocenters. The van der Waals surface area contributed by atoms with E-state index in [9.17, 15) is 5.11 Å². The van der Waals surface area contributed by atoms with Crippen molar-refractivity contribution in [2.75, 3.05) is 20.6 Å². The lowest BCUT2D eigenvalue weighted by atomic mass is 9.97. The van der Waals surface area contributed by atoms with Crippen LogP contribution in [0.4, 0.5) is 0 Å². The standard InChI is InChI=1S/C19H23Cl2NOS/c1-13(11-22(2)3)19(23)14-5-8-17(9-6-14)24-12-15-4-7-16(20)10-18(15)21/h4-10,13,19,23H,11-12H2,1-3H3. The number of aliphatic hydroxyl groups is 1. The summed E-state index contributed by atoms with van der Waals surface area (Å²) in [6.07, 6.45) is -0.447. The van der Waals surface area contributed by atoms with Crippen LogP contribution in [-0.4, -0.2) is 30.6 Å². The molecule has 0 saturated heterocycles. The molecule has 2 atom stereocenters. The topological polar surface area (TPSA) is 23.5 Å². The van der Waals surface area contributed by atoms with Gasteiger partial charge in [-0.3, -0.25) is 0 Å². The van der Waals surface area contributed by atoms with Gasteiger partial charge in [-0.15, -0.1) is 11.8 Å². The van der Waals surface area contributed by atoms with E-state index in [1.54, 1.807) is 17.8 Å². The first-order valence-electron chi connectivity index (χ1n) is 7.86. The Morgan fingerprint density at radius 2 is 1.75 bits per heavy atom. The normalized spacial score (nSPS) is 14.0. The summed E-state index contributed by atoms with van der Waals surface area (Å²) in [5, 5.41) is 11.8. The van der Waals surface area contributed by atoms with Crippen LogP contribution >= 0.6 is 35.0 Å². The van der Waals surface area contributed by atoms with E-state index in [0.717, 1.165) is 28.3 Å². The van der Waals surface area contributed by atoms with E-state index in [1.807, 2.05) is 38.4 Å². The molecular weight excluding hydrogens is 361 g/mol. The molecule has 0 heterocycles. The van der Waals surface area contributed by atoms with Gasteiger partial charge in [0, 0.05) is 27.2 Å². The fourth-order valence-corrected chi connectivity index (χ4v) is 4.02. The second-order valence-corrected chi connectivity index (χ2v) is 8.17. The summed E-state index contributed by atoms with van der Waals surface area (Å²) in [5.41, 5.74) is 2.02. The highest BCUT2D eigenvalue weighted by atomic mass is 35.5. The van der Waals surface area contributed by atoms with Crippen LogP contribution in [0, 0.1) is 5.92 Å². The first-order valence-corrected chi connectivity index (χ1v) is 9.60. The van der Waals surface area contributed by atoms with Gasteiger partial charge < -0.3 is 10.0 Å². The van der Waals surface area contributed by atoms with Crippen molar-refractivity contribution in [3.05, 3.63) is 63.6 Å². The minimum absolute atomic E-state index is 0.186. The molecule has 2 aromatic carbocycles. The molecule has 0 saturated carbocycles. The number of halogens is 2. The van der Waals surface area contributed by atoms with Gasteiger partial charge in [-0.2, -0.15) is 0 Å². The Labute approximate surface area is 158 Å². The van der Waals surface area contributed by atoms with Crippen LogP contribution < -0.4 is 0 Å². The number of aliphatic hydroxyl groups excluding tert-OH is 1. The Balaban J connectivity index is 1.96. The van der Waals surface area contributed by atoms with Gasteiger partial charge in [0.05, 0.1) is 6.10 Å². The van der Waals surface area contributed by atoms with Gasteiger partial charge in [-0.1, -0.05) is 48.3 Å². The zero-order chi connectivity index (χ0) is 17.7. The highest BCUT2D eigenvalue weighted by Gasteiger charge is 2.17. The highest BCUT2D eigenvalue weighted by Crippen LogP contribution is 2.30. The van der Waals surface area contributed by atoms with Crippen molar-refractivity contribution in [3.8, 4) is 0 Å². The second kappa shape index (κ2) is 9.12. The zero-order valence-corrected chi connectivity index (χ0v) is 16.5. The van der Waals surface area contributed by atoms with Crippen molar-refractivity contribution in [1.29, 1.82) is 0 Å². The number of thioether (sulfide) groups is 1. The van der Waals surface area contributed by atoms with Crippen molar-refractivity contribution in [2.45, 2.75) is 23.7 Å². The largest absolute Gasteiger partial charge is 0.388 e. The maximum Gasteiger partial charge on any atom is 0.0827 e. The predicted molar refractivity (Wildman–Crippen MR) is 105 cm³/mol. The SMILES string of the molecule is CC(CN(C)C)C(O)c1ccc(SCc2ccc(Cl)cc2Cl)cc1. The number of rotatable bonds is 7. The van der Waals surface area contributed by atoms with Crippen LogP contribution in [0.3, 0.4) is 0 Å². The average Bonchev–Trinajstić information content (AvgIpc) is 2.53. The quantitative estimate of drug-likeness (QED) is 0.636. The van der Waals surface area contributed by atoms with Crippen molar-refractivity contribution in [1.82, 2.24) is 4.90 Å². The number of benzene rings is 2. The van der Waals surface area contributed by atoms with E-state index >= 15 is 0 Å². The number of hydrogen-bond donors (Lipinski definition) is 1.